The van der Waals surface area contributed by atoms with Crippen molar-refractivity contribution >= 4 is 61.2 Å². The Morgan fingerprint density at radius 3 is 2.38 bits per heavy atom. The number of benzene rings is 2. The number of rotatable bonds is 4. The van der Waals surface area contributed by atoms with Gasteiger partial charge in [0.1, 0.15) is 9.71 Å². The number of thiophene rings is 1. The van der Waals surface area contributed by atoms with Crippen LogP contribution >= 0.6 is 34.3 Å². The van der Waals surface area contributed by atoms with E-state index in [4.69, 9.17) is 22.3 Å². The highest BCUT2D eigenvalue weighted by atomic mass is 35.5. The number of anilines is 2. The smallest absolute Gasteiger partial charge is 0.269 e. The molecule has 3 N–H and O–H groups in total. The third-order valence-corrected chi connectivity index (χ3v) is 7.14. The summed E-state index contributed by atoms with van der Waals surface area (Å²) in [6.07, 6.45) is 0. The fraction of sp³-hybridized carbons (Fsp3) is 0.0417. The first-order chi connectivity index (χ1) is 15.5. The van der Waals surface area contributed by atoms with Gasteiger partial charge in [-0.1, -0.05) is 53.6 Å². The lowest BCUT2D eigenvalue weighted by atomic mass is 10.1. The van der Waals surface area contributed by atoms with Crippen LogP contribution in [0.3, 0.4) is 0 Å². The Kier molecular flexibility index (Phi) is 5.38. The zero-order valence-electron chi connectivity index (χ0n) is 16.9. The topological polar surface area (TPSA) is 80.9 Å². The van der Waals surface area contributed by atoms with E-state index in [9.17, 15) is 4.79 Å². The van der Waals surface area contributed by atoms with Gasteiger partial charge >= 0.3 is 0 Å². The monoisotopic (exact) mass is 476 g/mol. The molecule has 0 fully saturated rings. The van der Waals surface area contributed by atoms with Crippen LogP contribution < -0.4 is 11.1 Å². The Balaban J connectivity index is 1.40. The molecule has 1 amide bonds. The summed E-state index contributed by atoms with van der Waals surface area (Å²) in [5.74, 6) is -0.289. The largest absolute Gasteiger partial charge is 0.397 e. The predicted octanol–water partition coefficient (Wildman–Crippen LogP) is 6.88. The number of hydrogen-bond acceptors (Lipinski definition) is 6. The van der Waals surface area contributed by atoms with Crippen molar-refractivity contribution in [1.82, 2.24) is 9.97 Å². The van der Waals surface area contributed by atoms with E-state index in [-0.39, 0.29) is 5.91 Å². The van der Waals surface area contributed by atoms with E-state index in [0.717, 1.165) is 27.9 Å². The van der Waals surface area contributed by atoms with Gasteiger partial charge in [0, 0.05) is 26.9 Å². The molecule has 0 radical (unpaired) electrons. The lowest BCUT2D eigenvalue weighted by Gasteiger charge is -2.01. The van der Waals surface area contributed by atoms with E-state index in [2.05, 4.69) is 10.3 Å². The zero-order valence-corrected chi connectivity index (χ0v) is 19.3. The number of aromatic nitrogens is 2. The summed E-state index contributed by atoms with van der Waals surface area (Å²) in [6.45, 7) is 2.04. The van der Waals surface area contributed by atoms with Crippen LogP contribution in [0.25, 0.3) is 32.7 Å². The highest BCUT2D eigenvalue weighted by Gasteiger charge is 2.19. The van der Waals surface area contributed by atoms with E-state index in [1.807, 2.05) is 73.0 Å². The highest BCUT2D eigenvalue weighted by Crippen LogP contribution is 2.35. The molecule has 0 atom stereocenters. The number of carbonyl (C=O) groups is 1. The molecule has 0 saturated carbocycles. The Morgan fingerprint density at radius 2 is 1.62 bits per heavy atom. The van der Waals surface area contributed by atoms with Crippen LogP contribution in [0.4, 0.5) is 10.8 Å². The molecule has 5 rings (SSSR count). The Morgan fingerprint density at radius 1 is 0.938 bits per heavy atom. The zero-order chi connectivity index (χ0) is 22.2. The van der Waals surface area contributed by atoms with Crippen molar-refractivity contribution in [1.29, 1.82) is 0 Å². The van der Waals surface area contributed by atoms with Crippen LogP contribution in [-0.4, -0.2) is 15.9 Å². The van der Waals surface area contributed by atoms with Crippen molar-refractivity contribution in [3.05, 3.63) is 81.5 Å². The minimum atomic E-state index is -0.289. The molecule has 0 unspecified atom stereocenters. The first-order valence-electron chi connectivity index (χ1n) is 9.77. The van der Waals surface area contributed by atoms with Gasteiger partial charge in [0.05, 0.1) is 17.1 Å². The average molecular weight is 477 g/mol. The SMILES string of the molecule is Cc1ccc(-c2csc(NC(=O)c3sc4nc(-c5ccc(Cl)cc5)ccc4c3N)n2)cc1. The summed E-state index contributed by atoms with van der Waals surface area (Å²) < 4.78 is 0. The van der Waals surface area contributed by atoms with Crippen molar-refractivity contribution in [2.45, 2.75) is 6.92 Å². The first-order valence-corrected chi connectivity index (χ1v) is 11.8. The second-order valence-electron chi connectivity index (χ2n) is 7.26. The number of nitrogens with two attached hydrogens (primary N) is 1. The van der Waals surface area contributed by atoms with E-state index in [0.29, 0.717) is 25.5 Å². The third-order valence-electron chi connectivity index (χ3n) is 5.01. The molecule has 3 aromatic heterocycles. The molecule has 158 valence electrons. The van der Waals surface area contributed by atoms with Gasteiger partial charge in [-0.3, -0.25) is 10.1 Å². The van der Waals surface area contributed by atoms with Gasteiger partial charge in [0.25, 0.3) is 5.91 Å². The van der Waals surface area contributed by atoms with Crippen LogP contribution in [-0.2, 0) is 0 Å². The molecule has 5 nitrogen and oxygen atoms in total. The molecule has 0 aliphatic rings. The quantitative estimate of drug-likeness (QED) is 0.296. The number of nitrogen functional groups attached to an aromatic ring is 1. The predicted molar refractivity (Wildman–Crippen MR) is 135 cm³/mol. The second-order valence-corrected chi connectivity index (χ2v) is 9.55. The van der Waals surface area contributed by atoms with Crippen LogP contribution in [0, 0.1) is 6.92 Å². The molecule has 0 bridgehead atoms. The number of carbonyl (C=O) groups excluding carboxylic acids is 1. The van der Waals surface area contributed by atoms with Crippen LogP contribution in [0.1, 0.15) is 15.2 Å². The Labute approximate surface area is 197 Å². The summed E-state index contributed by atoms with van der Waals surface area (Å²) in [4.78, 5) is 23.3. The minimum Gasteiger partial charge on any atom is -0.397 e. The van der Waals surface area contributed by atoms with Crippen molar-refractivity contribution in [2.24, 2.45) is 0 Å². The van der Waals surface area contributed by atoms with Gasteiger partial charge in [0.15, 0.2) is 5.13 Å². The highest BCUT2D eigenvalue weighted by molar-refractivity contribution is 7.21. The lowest BCUT2D eigenvalue weighted by Crippen LogP contribution is -2.11. The average Bonchev–Trinajstić information content (AvgIpc) is 3.39. The fourth-order valence-corrected chi connectivity index (χ4v) is 5.12. The van der Waals surface area contributed by atoms with Crippen molar-refractivity contribution in [3.63, 3.8) is 0 Å². The minimum absolute atomic E-state index is 0.289. The van der Waals surface area contributed by atoms with Gasteiger partial charge in [0.2, 0.25) is 0 Å². The van der Waals surface area contributed by atoms with Crippen LogP contribution in [0.2, 0.25) is 5.02 Å². The van der Waals surface area contributed by atoms with E-state index < -0.39 is 0 Å². The summed E-state index contributed by atoms with van der Waals surface area (Å²) in [5.41, 5.74) is 11.5. The van der Waals surface area contributed by atoms with Crippen molar-refractivity contribution in [2.75, 3.05) is 11.1 Å². The van der Waals surface area contributed by atoms with Crippen molar-refractivity contribution in [3.8, 4) is 22.5 Å². The molecular weight excluding hydrogens is 460 g/mol. The maximum Gasteiger partial charge on any atom is 0.269 e. The molecular formula is C24H17ClN4OS2. The fourth-order valence-electron chi connectivity index (χ4n) is 3.29. The maximum absolute atomic E-state index is 12.9. The van der Waals surface area contributed by atoms with Gasteiger partial charge in [-0.05, 0) is 31.2 Å². The van der Waals surface area contributed by atoms with Crippen molar-refractivity contribution < 1.29 is 4.79 Å². The van der Waals surface area contributed by atoms with Gasteiger partial charge < -0.3 is 5.73 Å². The number of hydrogen-bond donors (Lipinski definition) is 2. The number of amides is 1. The normalized spacial score (nSPS) is 11.1. The number of thiazole rings is 1. The molecule has 2 aromatic carbocycles. The van der Waals surface area contributed by atoms with Gasteiger partial charge in [-0.2, -0.15) is 0 Å². The summed E-state index contributed by atoms with van der Waals surface area (Å²) >= 11 is 8.63. The first kappa shape index (κ1) is 20.6. The van der Waals surface area contributed by atoms with E-state index in [1.165, 1.54) is 28.2 Å². The van der Waals surface area contributed by atoms with Gasteiger partial charge in [-0.25, -0.2) is 9.97 Å². The molecule has 0 spiro atoms. The molecule has 0 aliphatic heterocycles. The number of nitrogens with zero attached hydrogens (tertiary/aromatic N) is 2. The standard InChI is InChI=1S/C24H17ClN4OS2/c1-13-2-4-15(5-3-13)19-12-31-24(28-19)29-22(30)21-20(26)17-10-11-18(27-23(17)32-21)14-6-8-16(25)9-7-14/h2-12H,26H2,1H3,(H,28,29,30). The summed E-state index contributed by atoms with van der Waals surface area (Å²) in [7, 11) is 0. The summed E-state index contributed by atoms with van der Waals surface area (Å²) in [5, 5.41) is 6.75. The number of pyridine rings is 1. The maximum atomic E-state index is 12.9. The van der Waals surface area contributed by atoms with E-state index in [1.54, 1.807) is 0 Å². The Hall–Kier alpha value is -3.26. The number of fused-ring (bicyclic) bond motifs is 1. The molecule has 5 aromatic rings. The number of halogens is 1. The van der Waals surface area contributed by atoms with Crippen LogP contribution in [0.5, 0.6) is 0 Å². The Bertz CT molecular complexity index is 1440. The van der Waals surface area contributed by atoms with E-state index >= 15 is 0 Å². The second kappa shape index (κ2) is 8.35. The molecule has 8 heteroatoms. The molecule has 0 aliphatic carbocycles. The third kappa shape index (κ3) is 3.98. The van der Waals surface area contributed by atoms with Gasteiger partial charge in [-0.15, -0.1) is 22.7 Å². The number of nitrogens with one attached hydrogen (secondary N) is 1. The molecule has 3 heterocycles. The number of aryl methyl sites for hydroxylation is 1. The van der Waals surface area contributed by atoms with Crippen LogP contribution in [0.15, 0.2) is 66.0 Å². The lowest BCUT2D eigenvalue weighted by molar-refractivity contribution is 0.103. The summed E-state index contributed by atoms with van der Waals surface area (Å²) in [6, 6.07) is 19.4. The molecule has 0 saturated heterocycles. The molecule has 32 heavy (non-hydrogen) atoms.